The molecule has 0 aliphatic heterocycles. The number of benzene rings is 14. The van der Waals surface area contributed by atoms with E-state index < -0.39 is 0 Å². The predicted molar refractivity (Wildman–Crippen MR) is 394 cm³/mol. The van der Waals surface area contributed by atoms with Gasteiger partial charge >= 0.3 is 0 Å². The predicted octanol–water partition coefficient (Wildman–Crippen LogP) is 22.1. The molecule has 8 nitrogen and oxygen atoms in total. The summed E-state index contributed by atoms with van der Waals surface area (Å²) in [6.45, 7) is 0. The molecule has 18 aromatic rings. The molecule has 0 saturated heterocycles. The van der Waals surface area contributed by atoms with Gasteiger partial charge in [0.2, 0.25) is 0 Å². The second-order valence-electron chi connectivity index (χ2n) is 24.3. The molecule has 0 bridgehead atoms. The van der Waals surface area contributed by atoms with Crippen LogP contribution in [0.4, 0.5) is 0 Å². The molecule has 0 spiro atoms. The highest BCUT2D eigenvalue weighted by atomic mass is 15.0. The third-order valence-electron chi connectivity index (χ3n) is 18.5. The Bertz CT molecular complexity index is 5820. The van der Waals surface area contributed by atoms with Gasteiger partial charge in [0.1, 0.15) is 0 Å². The highest BCUT2D eigenvalue weighted by Crippen LogP contribution is 2.39. The average molecular weight is 1220 g/mol. The van der Waals surface area contributed by atoms with Gasteiger partial charge in [-0.25, -0.2) is 29.9 Å². The van der Waals surface area contributed by atoms with Crippen molar-refractivity contribution in [1.82, 2.24) is 39.9 Å². The quantitative estimate of drug-likeness (QED) is 0.126. The minimum atomic E-state index is 0.594. The lowest BCUT2D eigenvalue weighted by Crippen LogP contribution is -2.00. The number of para-hydroxylation sites is 1. The van der Waals surface area contributed by atoms with Crippen LogP contribution in [-0.4, -0.2) is 39.9 Å². The van der Waals surface area contributed by atoms with Gasteiger partial charge in [0, 0.05) is 56.5 Å². The lowest BCUT2D eigenvalue weighted by atomic mass is 9.93. The summed E-state index contributed by atoms with van der Waals surface area (Å²) in [6, 6.07) is 111. The van der Waals surface area contributed by atoms with Crippen molar-refractivity contribution in [2.75, 3.05) is 0 Å². The van der Waals surface area contributed by atoms with E-state index in [1.807, 2.05) is 24.5 Å². The van der Waals surface area contributed by atoms with Crippen LogP contribution in [-0.2, 0) is 0 Å². The van der Waals surface area contributed by atoms with E-state index in [-0.39, 0.29) is 0 Å². The van der Waals surface area contributed by atoms with Crippen LogP contribution in [0.25, 0.3) is 189 Å². The van der Waals surface area contributed by atoms with E-state index in [2.05, 4.69) is 308 Å². The van der Waals surface area contributed by atoms with Gasteiger partial charge in [0.25, 0.3) is 0 Å². The van der Waals surface area contributed by atoms with Crippen molar-refractivity contribution in [3.8, 4) is 124 Å². The Balaban J connectivity index is 0.634. The van der Waals surface area contributed by atoms with Gasteiger partial charge in [-0.15, -0.1) is 0 Å². The average Bonchev–Trinajstić information content (AvgIpc) is 0.806. The molecule has 0 aliphatic carbocycles. The fourth-order valence-electron chi connectivity index (χ4n) is 13.5. The van der Waals surface area contributed by atoms with E-state index >= 15 is 0 Å². The summed E-state index contributed by atoms with van der Waals surface area (Å²) in [5, 5.41) is 11.5. The van der Waals surface area contributed by atoms with Crippen LogP contribution >= 0.6 is 0 Å². The number of hydrogen-bond acceptors (Lipinski definition) is 8. The highest BCUT2D eigenvalue weighted by molar-refractivity contribution is 6.02. The van der Waals surface area contributed by atoms with E-state index in [4.69, 9.17) is 34.9 Å². The van der Waals surface area contributed by atoms with Crippen LogP contribution in [0, 0.1) is 0 Å². The van der Waals surface area contributed by atoms with Gasteiger partial charge in [-0.2, -0.15) is 0 Å². The molecule has 96 heavy (non-hydrogen) atoms. The van der Waals surface area contributed by atoms with Crippen molar-refractivity contribution >= 4 is 64.9 Å². The number of aromatic nitrogens is 8. The number of nitrogens with zero attached hydrogens (tertiary/aromatic N) is 8. The fourth-order valence-corrected chi connectivity index (χ4v) is 13.5. The molecule has 446 valence electrons. The van der Waals surface area contributed by atoms with Crippen molar-refractivity contribution < 1.29 is 0 Å². The van der Waals surface area contributed by atoms with Crippen molar-refractivity contribution in [2.24, 2.45) is 0 Å². The highest BCUT2D eigenvalue weighted by Gasteiger charge is 2.18. The van der Waals surface area contributed by atoms with Gasteiger partial charge < -0.3 is 0 Å². The van der Waals surface area contributed by atoms with Gasteiger partial charge in [-0.1, -0.05) is 273 Å². The second kappa shape index (κ2) is 23.6. The molecule has 18 rings (SSSR count). The second-order valence-corrected chi connectivity index (χ2v) is 24.3. The summed E-state index contributed by atoms with van der Waals surface area (Å²) in [4.78, 5) is 40.4. The van der Waals surface area contributed by atoms with Crippen LogP contribution in [0.5, 0.6) is 0 Å². The van der Waals surface area contributed by atoms with Crippen LogP contribution < -0.4 is 0 Å². The number of rotatable bonds is 11. The Morgan fingerprint density at radius 1 is 0.156 bits per heavy atom. The van der Waals surface area contributed by atoms with Crippen molar-refractivity contribution in [3.05, 3.63) is 328 Å². The zero-order valence-corrected chi connectivity index (χ0v) is 51.8. The number of pyridine rings is 2. The molecule has 0 fully saturated rings. The van der Waals surface area contributed by atoms with Crippen molar-refractivity contribution in [1.29, 1.82) is 0 Å². The lowest BCUT2D eigenvalue weighted by Gasteiger charge is -2.12. The largest absolute Gasteiger partial charge is 0.256 e. The maximum atomic E-state index is 5.19. The third kappa shape index (κ3) is 10.4. The van der Waals surface area contributed by atoms with Gasteiger partial charge in [-0.3, -0.25) is 9.97 Å². The fraction of sp³-hybridized carbons (Fsp3) is 0. The van der Waals surface area contributed by atoms with Gasteiger partial charge in [-0.05, 0) is 141 Å². The summed E-state index contributed by atoms with van der Waals surface area (Å²) in [6.07, 6.45) is 3.77. The standard InChI is InChI=1S/C88H54N8/c1-3-14-66-52-71(41-23-55(66)11-1)87-94-86(95-88(96-87)72-42-24-56-12-2-4-15-67(56)53-72)65-39-31-61(32-40-65)78-48-50-90-82-54-69(44-46-80(78)82)68-43-45-76-70(51-68)17-10-21-75(76)59-27-35-63(36-28-59)84-91-83(62-33-25-58(26-34-62)74-20-9-16-57-13-5-6-18-73(57)74)92-85(93-84)64-37-29-60(30-38-64)77-47-49-89-81-22-8-7-19-79(77)81/h1-54H. The maximum absolute atomic E-state index is 5.19. The minimum absolute atomic E-state index is 0.594. The Kier molecular flexibility index (Phi) is 13.7. The Hall–Kier alpha value is -13.0. The van der Waals surface area contributed by atoms with Crippen LogP contribution in [0.1, 0.15) is 0 Å². The molecule has 4 heterocycles. The van der Waals surface area contributed by atoms with Crippen LogP contribution in [0.3, 0.4) is 0 Å². The summed E-state index contributed by atoms with van der Waals surface area (Å²) in [5.41, 5.74) is 18.5. The molecule has 0 aliphatic rings. The number of hydrogen-bond donors (Lipinski definition) is 0. The molecule has 0 N–H and O–H groups in total. The van der Waals surface area contributed by atoms with E-state index in [0.29, 0.717) is 34.9 Å². The molecule has 8 heteroatoms. The topological polar surface area (TPSA) is 103 Å². The van der Waals surface area contributed by atoms with Crippen LogP contribution in [0.2, 0.25) is 0 Å². The number of fused-ring (bicyclic) bond motifs is 6. The zero-order valence-electron chi connectivity index (χ0n) is 51.8. The molecule has 14 aromatic carbocycles. The van der Waals surface area contributed by atoms with Gasteiger partial charge in [0.15, 0.2) is 34.9 Å². The summed E-state index contributed by atoms with van der Waals surface area (Å²) in [5.74, 6) is 3.65. The normalized spacial score (nSPS) is 11.5. The molecular weight excluding hydrogens is 1170 g/mol. The van der Waals surface area contributed by atoms with E-state index in [1.165, 1.54) is 27.1 Å². The molecule has 0 saturated carbocycles. The molecule has 4 aromatic heterocycles. The smallest absolute Gasteiger partial charge is 0.164 e. The van der Waals surface area contributed by atoms with Crippen molar-refractivity contribution in [2.45, 2.75) is 0 Å². The lowest BCUT2D eigenvalue weighted by molar-refractivity contribution is 1.07. The third-order valence-corrected chi connectivity index (χ3v) is 18.5. The summed E-state index contributed by atoms with van der Waals surface area (Å²) < 4.78 is 0. The van der Waals surface area contributed by atoms with Gasteiger partial charge in [0.05, 0.1) is 11.0 Å². The first kappa shape index (κ1) is 55.8. The first-order valence-electron chi connectivity index (χ1n) is 32.2. The molecule has 0 radical (unpaired) electrons. The Morgan fingerprint density at radius 3 is 0.948 bits per heavy atom. The Morgan fingerprint density at radius 2 is 0.458 bits per heavy atom. The summed E-state index contributed by atoms with van der Waals surface area (Å²) in [7, 11) is 0. The van der Waals surface area contributed by atoms with E-state index in [1.54, 1.807) is 0 Å². The maximum Gasteiger partial charge on any atom is 0.164 e. The van der Waals surface area contributed by atoms with Crippen molar-refractivity contribution in [3.63, 3.8) is 0 Å². The first-order valence-corrected chi connectivity index (χ1v) is 32.2. The summed E-state index contributed by atoms with van der Waals surface area (Å²) >= 11 is 0. The molecule has 0 unspecified atom stereocenters. The first-order chi connectivity index (χ1) is 47.5. The minimum Gasteiger partial charge on any atom is -0.256 e. The molecule has 0 amide bonds. The zero-order chi connectivity index (χ0) is 63.5. The van der Waals surface area contributed by atoms with E-state index in [9.17, 15) is 0 Å². The van der Waals surface area contributed by atoms with E-state index in [0.717, 1.165) is 127 Å². The Labute approximate surface area is 553 Å². The molecular formula is C88H54N8. The molecule has 0 atom stereocenters. The SMILES string of the molecule is c1ccc2cc(-c3nc(-c4ccc(-c5ccnc6cc(-c7ccc8c(-c9ccc(-c%10nc(-c%11ccc(-c%12cccc%13ccccc%12%13)cc%11)nc(-c%11ccc(-c%12ccnc%13ccccc%12%13)cc%11)n%10)cc9)cccc8c7)ccc56)cc4)nc(-c4ccc5ccccc5c4)n3)ccc2c1. The van der Waals surface area contributed by atoms with Crippen LogP contribution in [0.15, 0.2) is 328 Å². The monoisotopic (exact) mass is 1220 g/mol.